The Kier molecular flexibility index (Phi) is 6.82. The lowest BCUT2D eigenvalue weighted by molar-refractivity contribution is -0.140. The summed E-state index contributed by atoms with van der Waals surface area (Å²) in [4.78, 5) is 0. The summed E-state index contributed by atoms with van der Waals surface area (Å²) in [5.41, 5.74) is 10.4. The van der Waals surface area contributed by atoms with E-state index in [2.05, 4.69) is 0 Å². The van der Waals surface area contributed by atoms with E-state index >= 15 is 0 Å². The Morgan fingerprint density at radius 3 is 2.36 bits per heavy atom. The van der Waals surface area contributed by atoms with Crippen LogP contribution in [-0.2, 0) is 10.2 Å². The molecule has 0 bridgehead atoms. The van der Waals surface area contributed by atoms with E-state index in [-0.39, 0.29) is 25.3 Å². The molecule has 1 saturated heterocycles. The third kappa shape index (κ3) is 5.58. The van der Waals surface area contributed by atoms with Gasteiger partial charge in [0.2, 0.25) is 0 Å². The summed E-state index contributed by atoms with van der Waals surface area (Å²) in [6, 6.07) is -0.994. The first-order chi connectivity index (χ1) is 12.6. The van der Waals surface area contributed by atoms with Gasteiger partial charge in [0.1, 0.15) is 6.54 Å². The summed E-state index contributed by atoms with van der Waals surface area (Å²) in [5.74, 6) is -0.308. The van der Waals surface area contributed by atoms with E-state index in [1.165, 1.54) is 6.92 Å². The average Bonchev–Trinajstić information content (AvgIpc) is 3.19. The van der Waals surface area contributed by atoms with Crippen molar-refractivity contribution in [3.8, 4) is 0 Å². The molecule has 0 aromatic rings. The first-order valence-electron chi connectivity index (χ1n) is 9.36. The lowest BCUT2D eigenvalue weighted by Crippen LogP contribution is -2.57. The smallest absolute Gasteiger partial charge is 0.427 e. The molecule has 8 nitrogen and oxygen atoms in total. The van der Waals surface area contributed by atoms with Gasteiger partial charge in [-0.3, -0.25) is 0 Å². The van der Waals surface area contributed by atoms with E-state index < -0.39 is 47.2 Å². The van der Waals surface area contributed by atoms with Crippen molar-refractivity contribution in [3.63, 3.8) is 0 Å². The predicted octanol–water partition coefficient (Wildman–Crippen LogP) is -0.122. The topological polar surface area (TPSA) is 133 Å². The summed E-state index contributed by atoms with van der Waals surface area (Å²) >= 11 is 0. The molecule has 1 unspecified atom stereocenters. The Morgan fingerprint density at radius 2 is 1.89 bits per heavy atom. The van der Waals surface area contributed by atoms with Gasteiger partial charge in [0, 0.05) is 30.2 Å². The zero-order valence-electron chi connectivity index (χ0n) is 16.2. The van der Waals surface area contributed by atoms with E-state index in [1.54, 1.807) is 6.92 Å². The molecule has 164 valence electrons. The van der Waals surface area contributed by atoms with Gasteiger partial charge in [-0.15, -0.1) is 0 Å². The van der Waals surface area contributed by atoms with Crippen molar-refractivity contribution < 1.29 is 31.6 Å². The molecule has 28 heavy (non-hydrogen) atoms. The van der Waals surface area contributed by atoms with Crippen LogP contribution in [0.5, 0.6) is 0 Å². The maximum atomic E-state index is 13.1. The minimum Gasteiger partial charge on any atom is -0.427 e. The molecule has 1 heterocycles. The van der Waals surface area contributed by atoms with E-state index in [0.29, 0.717) is 30.0 Å². The van der Waals surface area contributed by atoms with Crippen LogP contribution in [0.15, 0.2) is 0 Å². The average molecular weight is 430 g/mol. The Morgan fingerprint density at radius 1 is 1.32 bits per heavy atom. The van der Waals surface area contributed by atoms with Crippen molar-refractivity contribution in [2.24, 2.45) is 17.4 Å². The summed E-state index contributed by atoms with van der Waals surface area (Å²) in [6.07, 6.45) is -2.79. The zero-order valence-corrected chi connectivity index (χ0v) is 17.0. The molecule has 1 aliphatic carbocycles. The predicted molar refractivity (Wildman–Crippen MR) is 99.2 cm³/mol. The molecule has 0 aromatic heterocycles. The molecule has 6 N–H and O–H groups in total. The van der Waals surface area contributed by atoms with Crippen LogP contribution in [0.3, 0.4) is 0 Å². The molecule has 2 aliphatic rings. The summed E-state index contributed by atoms with van der Waals surface area (Å²) in [7, 11) is -5.90. The van der Waals surface area contributed by atoms with Crippen molar-refractivity contribution in [3.05, 3.63) is 0 Å². The van der Waals surface area contributed by atoms with E-state index in [0.717, 1.165) is 4.31 Å². The normalized spacial score (nSPS) is 29.3. The van der Waals surface area contributed by atoms with Gasteiger partial charge in [0.25, 0.3) is 10.2 Å². The van der Waals surface area contributed by atoms with Crippen molar-refractivity contribution >= 4 is 17.3 Å². The molecular formula is C15H30BF3N4O4S. The van der Waals surface area contributed by atoms with Crippen LogP contribution < -0.4 is 11.5 Å². The lowest BCUT2D eigenvalue weighted by Gasteiger charge is -2.35. The number of rotatable bonds is 9. The second-order valence-corrected chi connectivity index (χ2v) is 10.4. The van der Waals surface area contributed by atoms with Gasteiger partial charge in [-0.1, -0.05) is 6.42 Å². The van der Waals surface area contributed by atoms with Gasteiger partial charge in [-0.25, -0.2) is 0 Å². The third-order valence-corrected chi connectivity index (χ3v) is 7.91. The Labute approximate surface area is 164 Å². The molecule has 0 spiro atoms. The number of nitrogens with zero attached hydrogens (tertiary/aromatic N) is 2. The monoisotopic (exact) mass is 430 g/mol. The van der Waals surface area contributed by atoms with Gasteiger partial charge < -0.3 is 21.5 Å². The molecule has 0 aromatic carbocycles. The second-order valence-electron chi connectivity index (χ2n) is 8.48. The minimum atomic E-state index is -4.70. The maximum absolute atomic E-state index is 13.1. The Bertz CT molecular complexity index is 658. The van der Waals surface area contributed by atoms with Crippen molar-refractivity contribution in [2.45, 2.75) is 69.1 Å². The van der Waals surface area contributed by atoms with Crippen LogP contribution in [0.2, 0.25) is 6.32 Å². The number of hydrogen-bond acceptors (Lipinski definition) is 6. The largest absolute Gasteiger partial charge is 0.451 e. The molecule has 1 aliphatic heterocycles. The van der Waals surface area contributed by atoms with Crippen LogP contribution in [0.25, 0.3) is 0 Å². The van der Waals surface area contributed by atoms with Gasteiger partial charge in [0.05, 0.1) is 0 Å². The van der Waals surface area contributed by atoms with E-state index in [9.17, 15) is 21.6 Å². The summed E-state index contributed by atoms with van der Waals surface area (Å²) in [6.45, 7) is 1.34. The molecule has 1 saturated carbocycles. The van der Waals surface area contributed by atoms with Crippen LogP contribution >= 0.6 is 0 Å². The second kappa shape index (κ2) is 8.01. The highest BCUT2D eigenvalue weighted by Crippen LogP contribution is 2.41. The fourth-order valence-electron chi connectivity index (χ4n) is 3.76. The summed E-state index contributed by atoms with van der Waals surface area (Å²) < 4.78 is 67.0. The third-order valence-electron chi connectivity index (χ3n) is 5.94. The number of alkyl halides is 3. The van der Waals surface area contributed by atoms with Crippen molar-refractivity contribution in [1.29, 1.82) is 0 Å². The first kappa shape index (κ1) is 23.8. The van der Waals surface area contributed by atoms with Crippen molar-refractivity contribution in [1.82, 2.24) is 8.61 Å². The lowest BCUT2D eigenvalue weighted by atomic mass is 9.79. The van der Waals surface area contributed by atoms with E-state index in [4.69, 9.17) is 21.5 Å². The zero-order chi connectivity index (χ0) is 21.5. The Hall–Kier alpha value is -0.435. The molecule has 13 heteroatoms. The van der Waals surface area contributed by atoms with E-state index in [1.807, 2.05) is 0 Å². The Balaban J connectivity index is 2.19. The molecule has 3 atom stereocenters. The van der Waals surface area contributed by atoms with Crippen LogP contribution in [0, 0.1) is 5.92 Å². The van der Waals surface area contributed by atoms with Gasteiger partial charge in [0.15, 0.2) is 0 Å². The molecular weight excluding hydrogens is 400 g/mol. The number of nitrogens with two attached hydrogens (primary N) is 2. The highest BCUT2D eigenvalue weighted by atomic mass is 32.2. The highest BCUT2D eigenvalue weighted by Gasteiger charge is 2.54. The molecule has 0 amide bonds. The highest BCUT2D eigenvalue weighted by molar-refractivity contribution is 7.86. The van der Waals surface area contributed by atoms with Crippen LogP contribution in [-0.4, -0.2) is 77.1 Å². The van der Waals surface area contributed by atoms with Gasteiger partial charge in [-0.05, 0) is 45.3 Å². The fraction of sp³-hybridized carbons (Fsp3) is 1.00. The summed E-state index contributed by atoms with van der Waals surface area (Å²) in [5, 5.41) is 17.9. The number of halogens is 3. The molecule has 2 fully saturated rings. The van der Waals surface area contributed by atoms with Crippen LogP contribution in [0.1, 0.15) is 39.5 Å². The molecule has 2 rings (SSSR count). The number of hydrogen-bond donors (Lipinski definition) is 4. The molecule has 0 radical (unpaired) electrons. The SMILES string of the molecule is CC(N(CC(F)(F)F)S(=O)(=O)N1C[C@H](CCCB(O)O)[C@@](C)(N)C1)C1(N)CC1. The van der Waals surface area contributed by atoms with Gasteiger partial charge in [-0.2, -0.15) is 30.2 Å². The standard InChI is InChI=1S/C15H30BF3N4O4S/c1-11(14(21)5-6-14)23(10-15(17,18)19)28(26,27)22-8-12(13(2,20)9-22)4-3-7-16(24)25/h11-12,24-25H,3-10,20-21H2,1-2H3/t11?,12-,13-/m0/s1. The quantitative estimate of drug-likeness (QED) is 0.377. The van der Waals surface area contributed by atoms with Crippen molar-refractivity contribution in [2.75, 3.05) is 19.6 Å². The van der Waals surface area contributed by atoms with Gasteiger partial charge >= 0.3 is 13.3 Å². The maximum Gasteiger partial charge on any atom is 0.451 e. The minimum absolute atomic E-state index is 0.0183. The van der Waals surface area contributed by atoms with Crippen LogP contribution in [0.4, 0.5) is 13.2 Å². The fourth-order valence-corrected chi connectivity index (χ4v) is 5.79. The first-order valence-corrected chi connectivity index (χ1v) is 10.8.